The van der Waals surface area contributed by atoms with E-state index in [0.29, 0.717) is 30.3 Å². The van der Waals surface area contributed by atoms with Crippen LogP contribution < -0.4 is 9.47 Å². The first-order chi connectivity index (χ1) is 19.1. The Labute approximate surface area is 239 Å². The van der Waals surface area contributed by atoms with Gasteiger partial charge in [-0.15, -0.1) is 0 Å². The fraction of sp³-hybridized carbons (Fsp3) is 0.152. The zero-order valence-electron chi connectivity index (χ0n) is 21.0. The maximum absolute atomic E-state index is 11.8. The van der Waals surface area contributed by atoms with Gasteiger partial charge in [-0.25, -0.2) is 9.59 Å². The monoisotopic (exact) mass is 552 g/mol. The summed E-state index contributed by atoms with van der Waals surface area (Å²) in [7, 11) is 1.36. The smallest absolute Gasteiger partial charge is 0.341 e. The van der Waals surface area contributed by atoms with Crippen molar-refractivity contribution in [3.8, 4) is 11.5 Å². The second-order valence-corrected chi connectivity index (χ2v) is 8.45. The molecule has 0 atom stereocenters. The van der Waals surface area contributed by atoms with E-state index in [1.54, 1.807) is 30.6 Å². The molecule has 0 saturated heterocycles. The average Bonchev–Trinajstić information content (AvgIpc) is 3.00. The molecule has 4 aromatic rings. The molecule has 2 aromatic carbocycles. The minimum Gasteiger partial charge on any atom is -0.488 e. The second kappa shape index (κ2) is 13.7. The van der Waals surface area contributed by atoms with Crippen molar-refractivity contribution in [2.45, 2.75) is 14.9 Å². The van der Waals surface area contributed by atoms with Gasteiger partial charge >= 0.3 is 11.9 Å². The number of hydrogen-bond donors (Lipinski definition) is 1. The van der Waals surface area contributed by atoms with Crippen molar-refractivity contribution in [2.24, 2.45) is 0 Å². The third kappa shape index (κ3) is 6.33. The maximum atomic E-state index is 11.8. The zero-order chi connectivity index (χ0) is 27.2. The number of rotatable bonds is 4. The summed E-state index contributed by atoms with van der Waals surface area (Å²) in [5, 5.41) is 9.18. The molecule has 0 radical (unpaired) electrons. The summed E-state index contributed by atoms with van der Waals surface area (Å²) in [6, 6.07) is 21.9. The van der Waals surface area contributed by atoms with Crippen LogP contribution >= 0.6 is 0 Å². The van der Waals surface area contributed by atoms with E-state index in [9.17, 15) is 14.7 Å². The maximum Gasteiger partial charge on any atom is 0.341 e. The molecule has 4 heterocycles. The fourth-order valence-corrected chi connectivity index (χ4v) is 4.41. The number of esters is 1. The van der Waals surface area contributed by atoms with Crippen molar-refractivity contribution < 1.29 is 28.9 Å². The Hall–Kier alpha value is -5.24. The molecular weight excluding hydrogens is 520 g/mol. The van der Waals surface area contributed by atoms with Gasteiger partial charge < -0.3 is 19.3 Å². The summed E-state index contributed by atoms with van der Waals surface area (Å²) in [6.07, 6.45) is 7.34. The van der Waals surface area contributed by atoms with Crippen LogP contribution in [-0.4, -0.2) is 47.3 Å². The van der Waals surface area contributed by atoms with Gasteiger partial charge in [0, 0.05) is 34.7 Å². The van der Waals surface area contributed by atoms with Crippen LogP contribution in [0, 0.1) is 0 Å². The molecule has 0 spiro atoms. The number of benzene rings is 2. The number of carboxylic acids is 1. The quantitative estimate of drug-likeness (QED) is 0.283. The van der Waals surface area contributed by atoms with Gasteiger partial charge in [0.15, 0.2) is 0 Å². The number of para-hydroxylation sites is 2. The van der Waals surface area contributed by atoms with E-state index < -0.39 is 11.9 Å². The van der Waals surface area contributed by atoms with E-state index in [4.69, 9.17) is 14.2 Å². The first-order valence-electron chi connectivity index (χ1n) is 12.2. The number of methoxy groups -OCH3 is 1. The Morgan fingerprint density at radius 1 is 0.707 bits per heavy atom. The highest BCUT2D eigenvalue weighted by Crippen LogP contribution is 2.37. The molecule has 41 heavy (non-hydrogen) atoms. The highest BCUT2D eigenvalue weighted by molar-refractivity contribution is 5.97. The number of fused-ring (bicyclic) bond motifs is 2. The number of aromatic nitrogens is 2. The zero-order valence-corrected chi connectivity index (χ0v) is 21.0. The van der Waals surface area contributed by atoms with E-state index in [2.05, 4.69) is 9.97 Å². The molecule has 2 aromatic heterocycles. The number of aromatic carboxylic acids is 1. The molecule has 0 fully saturated rings. The van der Waals surface area contributed by atoms with E-state index in [-0.39, 0.29) is 20.4 Å². The summed E-state index contributed by atoms with van der Waals surface area (Å²) in [4.78, 5) is 31.7. The molecule has 0 aliphatic carbocycles. The number of carbonyl (C=O) groups excluding carboxylic acids is 1. The van der Waals surface area contributed by atoms with Gasteiger partial charge in [-0.3, -0.25) is 9.97 Å². The lowest BCUT2D eigenvalue weighted by molar-refractivity contribution is 0.0595. The lowest BCUT2D eigenvalue weighted by Gasteiger charge is -2.20. The molecule has 0 amide bonds. The molecule has 0 saturated carbocycles. The van der Waals surface area contributed by atoms with Crippen LogP contribution in [0.3, 0.4) is 0 Å². The van der Waals surface area contributed by atoms with E-state index in [1.807, 2.05) is 66.7 Å². The Bertz CT molecular complexity index is 1580. The number of pyridine rings is 2. The van der Waals surface area contributed by atoms with Gasteiger partial charge in [0.25, 0.3) is 0 Å². The van der Waals surface area contributed by atoms with Gasteiger partial charge in [0.05, 0.1) is 18.5 Å². The summed E-state index contributed by atoms with van der Waals surface area (Å²) >= 11 is 0. The molecule has 8 nitrogen and oxygen atoms in total. The van der Waals surface area contributed by atoms with Gasteiger partial charge in [0.1, 0.15) is 35.8 Å². The third-order valence-electron chi connectivity index (χ3n) is 6.16. The SMILES string of the molecule is C.C.COC(=O)c1cccc2c1OCC=C2c1ccccn1.O=C(O)c1cccc2c1OCC=C2c1ccccn1. The van der Waals surface area contributed by atoms with Crippen LogP contribution in [-0.2, 0) is 4.74 Å². The molecule has 2 aliphatic rings. The molecule has 2 aliphatic heterocycles. The normalized spacial score (nSPS) is 12.4. The first-order valence-corrected chi connectivity index (χ1v) is 12.2. The Morgan fingerprint density at radius 3 is 1.63 bits per heavy atom. The molecule has 0 bridgehead atoms. The Kier molecular flexibility index (Phi) is 10.1. The van der Waals surface area contributed by atoms with E-state index >= 15 is 0 Å². The second-order valence-electron chi connectivity index (χ2n) is 8.45. The molecule has 210 valence electrons. The fourth-order valence-electron chi connectivity index (χ4n) is 4.41. The third-order valence-corrected chi connectivity index (χ3v) is 6.16. The molecule has 1 N–H and O–H groups in total. The van der Waals surface area contributed by atoms with Gasteiger partial charge in [-0.1, -0.05) is 51.3 Å². The summed E-state index contributed by atoms with van der Waals surface area (Å²) < 4.78 is 15.9. The van der Waals surface area contributed by atoms with E-state index in [1.165, 1.54) is 7.11 Å². The predicted molar refractivity (Wildman–Crippen MR) is 158 cm³/mol. The van der Waals surface area contributed by atoms with Gasteiger partial charge in [0.2, 0.25) is 0 Å². The van der Waals surface area contributed by atoms with Crippen LogP contribution in [0.4, 0.5) is 0 Å². The Balaban J connectivity index is 0.000000215. The van der Waals surface area contributed by atoms with Crippen molar-refractivity contribution in [1.29, 1.82) is 0 Å². The van der Waals surface area contributed by atoms with Crippen LogP contribution in [0.1, 0.15) is 58.1 Å². The predicted octanol–water partition coefficient (Wildman–Crippen LogP) is 6.57. The lowest BCUT2D eigenvalue weighted by Crippen LogP contribution is -2.12. The van der Waals surface area contributed by atoms with Crippen molar-refractivity contribution in [2.75, 3.05) is 20.3 Å². The topological polar surface area (TPSA) is 108 Å². The van der Waals surface area contributed by atoms with Crippen molar-refractivity contribution in [3.63, 3.8) is 0 Å². The van der Waals surface area contributed by atoms with Gasteiger partial charge in [-0.2, -0.15) is 0 Å². The lowest BCUT2D eigenvalue weighted by atomic mass is 9.96. The summed E-state index contributed by atoms with van der Waals surface area (Å²) in [5.41, 5.74) is 5.80. The highest BCUT2D eigenvalue weighted by atomic mass is 16.5. The van der Waals surface area contributed by atoms with Crippen LogP contribution in [0.5, 0.6) is 11.5 Å². The van der Waals surface area contributed by atoms with Gasteiger partial charge in [-0.05, 0) is 48.6 Å². The number of hydrogen-bond acceptors (Lipinski definition) is 7. The Morgan fingerprint density at radius 2 is 1.20 bits per heavy atom. The van der Waals surface area contributed by atoms with Crippen LogP contribution in [0.25, 0.3) is 11.1 Å². The highest BCUT2D eigenvalue weighted by Gasteiger charge is 2.23. The number of ether oxygens (including phenoxy) is 3. The van der Waals surface area contributed by atoms with Crippen molar-refractivity contribution in [3.05, 3.63) is 131 Å². The number of carboxylic acid groups (broad SMARTS) is 1. The van der Waals surface area contributed by atoms with Crippen LogP contribution in [0.15, 0.2) is 97.3 Å². The molecule has 0 unspecified atom stereocenters. The first kappa shape index (κ1) is 30.3. The average molecular weight is 553 g/mol. The van der Waals surface area contributed by atoms with Crippen molar-refractivity contribution >= 4 is 23.1 Å². The number of nitrogens with zero attached hydrogens (tertiary/aromatic N) is 2. The van der Waals surface area contributed by atoms with E-state index in [0.717, 1.165) is 33.7 Å². The number of carbonyl (C=O) groups is 2. The minimum absolute atomic E-state index is 0. The largest absolute Gasteiger partial charge is 0.488 e. The molecular formula is C33H32N2O6. The standard InChI is InChI=1S/C16H13NO3.C15H11NO3.2CH4/c1-19-16(18)13-6-4-5-12-11(8-10-20-15(12)13)14-7-2-3-9-17-14;17-15(18)12-5-3-4-11-10(7-9-19-14(11)12)13-6-1-2-8-16-13;;/h2-9H,10H2,1H3;1-8H,9H2,(H,17,18);2*1H4. The van der Waals surface area contributed by atoms with Crippen molar-refractivity contribution in [1.82, 2.24) is 9.97 Å². The molecule has 6 rings (SSSR count). The minimum atomic E-state index is -0.987. The van der Waals surface area contributed by atoms with Crippen LogP contribution in [0.2, 0.25) is 0 Å². The summed E-state index contributed by atoms with van der Waals surface area (Å²) in [5.74, 6) is -0.413. The summed E-state index contributed by atoms with van der Waals surface area (Å²) in [6.45, 7) is 0.760. The molecule has 8 heteroatoms.